The van der Waals surface area contributed by atoms with Gasteiger partial charge in [0.05, 0.1) is 6.10 Å². The van der Waals surface area contributed by atoms with Crippen LogP contribution in [0.1, 0.15) is 42.2 Å². The molecule has 1 aliphatic rings. The first-order valence-electron chi connectivity index (χ1n) is 6.13. The summed E-state index contributed by atoms with van der Waals surface area (Å²) in [5.41, 5.74) is 1.42. The Hall–Kier alpha value is -0.380. The Bertz CT molecular complexity index is 317. The van der Waals surface area contributed by atoms with Gasteiger partial charge < -0.3 is 10.1 Å². The van der Waals surface area contributed by atoms with Crippen molar-refractivity contribution in [2.24, 2.45) is 0 Å². The smallest absolute Gasteiger partial charge is 0.0593 e. The van der Waals surface area contributed by atoms with Crippen LogP contribution < -0.4 is 5.32 Å². The zero-order valence-electron chi connectivity index (χ0n) is 10.2. The van der Waals surface area contributed by atoms with E-state index in [1.807, 2.05) is 18.4 Å². The van der Waals surface area contributed by atoms with Crippen LogP contribution in [-0.2, 0) is 4.74 Å². The summed E-state index contributed by atoms with van der Waals surface area (Å²) in [4.78, 5) is 1.39. The third-order valence-corrected chi connectivity index (χ3v) is 4.15. The summed E-state index contributed by atoms with van der Waals surface area (Å²) in [5.74, 6) is 0. The second-order valence-corrected chi connectivity index (χ2v) is 5.67. The normalized spacial score (nSPS) is 23.2. The van der Waals surface area contributed by atoms with Crippen LogP contribution in [0.4, 0.5) is 0 Å². The highest BCUT2D eigenvalue weighted by molar-refractivity contribution is 7.10. The molecular weight excluding hydrogens is 218 g/mol. The molecule has 2 nitrogen and oxygen atoms in total. The number of rotatable bonds is 4. The van der Waals surface area contributed by atoms with Crippen molar-refractivity contribution in [2.45, 2.75) is 44.8 Å². The molecule has 1 saturated heterocycles. The van der Waals surface area contributed by atoms with E-state index in [0.29, 0.717) is 12.1 Å². The number of aryl methyl sites for hydroxylation is 1. The minimum atomic E-state index is 0.450. The summed E-state index contributed by atoms with van der Waals surface area (Å²) < 4.78 is 5.80. The van der Waals surface area contributed by atoms with Gasteiger partial charge in [-0.15, -0.1) is 11.3 Å². The van der Waals surface area contributed by atoms with Gasteiger partial charge in [-0.05, 0) is 56.7 Å². The lowest BCUT2D eigenvalue weighted by molar-refractivity contribution is 0.00550. The van der Waals surface area contributed by atoms with Gasteiger partial charge in [-0.1, -0.05) is 0 Å². The topological polar surface area (TPSA) is 21.3 Å². The van der Waals surface area contributed by atoms with Crippen LogP contribution in [0.25, 0.3) is 0 Å². The first kappa shape index (κ1) is 12.1. The van der Waals surface area contributed by atoms with Gasteiger partial charge in [-0.3, -0.25) is 0 Å². The van der Waals surface area contributed by atoms with Crippen LogP contribution in [0.5, 0.6) is 0 Å². The number of nitrogens with one attached hydrogen (secondary N) is 1. The number of thiophene rings is 1. The van der Waals surface area contributed by atoms with Crippen LogP contribution in [0.3, 0.4) is 0 Å². The molecule has 1 N–H and O–H groups in total. The van der Waals surface area contributed by atoms with E-state index in [1.54, 1.807) is 0 Å². The van der Waals surface area contributed by atoms with Crippen molar-refractivity contribution in [3.05, 3.63) is 21.9 Å². The van der Waals surface area contributed by atoms with Crippen LogP contribution in [0, 0.1) is 6.92 Å². The monoisotopic (exact) mass is 239 g/mol. The molecule has 2 unspecified atom stereocenters. The second-order valence-electron chi connectivity index (χ2n) is 4.56. The lowest BCUT2D eigenvalue weighted by Crippen LogP contribution is -2.26. The van der Waals surface area contributed by atoms with Gasteiger partial charge in [0.1, 0.15) is 0 Å². The van der Waals surface area contributed by atoms with Crippen molar-refractivity contribution >= 4 is 11.3 Å². The largest absolute Gasteiger partial charge is 0.378 e. The highest BCUT2D eigenvalue weighted by Crippen LogP contribution is 2.27. The van der Waals surface area contributed by atoms with Gasteiger partial charge >= 0.3 is 0 Å². The Morgan fingerprint density at radius 1 is 1.56 bits per heavy atom. The van der Waals surface area contributed by atoms with Crippen molar-refractivity contribution in [2.75, 3.05) is 13.7 Å². The van der Waals surface area contributed by atoms with Gasteiger partial charge in [-0.25, -0.2) is 0 Å². The predicted molar refractivity (Wildman–Crippen MR) is 69.1 cm³/mol. The zero-order valence-corrected chi connectivity index (χ0v) is 11.0. The van der Waals surface area contributed by atoms with E-state index in [1.165, 1.54) is 29.7 Å². The molecule has 1 fully saturated rings. The summed E-state index contributed by atoms with van der Waals surface area (Å²) in [7, 11) is 2.04. The number of ether oxygens (including phenoxy) is 1. The molecule has 2 heterocycles. The summed E-state index contributed by atoms with van der Waals surface area (Å²) in [6, 6.07) is 2.74. The summed E-state index contributed by atoms with van der Waals surface area (Å²) >= 11 is 1.83. The molecule has 90 valence electrons. The molecule has 1 aromatic rings. The average molecular weight is 239 g/mol. The quantitative estimate of drug-likeness (QED) is 0.870. The van der Waals surface area contributed by atoms with Crippen molar-refractivity contribution in [3.8, 4) is 0 Å². The maximum Gasteiger partial charge on any atom is 0.0593 e. The van der Waals surface area contributed by atoms with Crippen molar-refractivity contribution in [1.82, 2.24) is 5.32 Å². The fraction of sp³-hybridized carbons (Fsp3) is 0.692. The standard InChI is InChI=1S/C13H21NOS/c1-10-7-11(9-16-10)13(14-2)8-12-5-3-4-6-15-12/h7,9,12-14H,3-6,8H2,1-2H3. The predicted octanol–water partition coefficient (Wildman–Crippen LogP) is 3.28. The Morgan fingerprint density at radius 2 is 2.44 bits per heavy atom. The Kier molecular flexibility index (Phi) is 4.38. The van der Waals surface area contributed by atoms with E-state index in [-0.39, 0.29) is 0 Å². The minimum Gasteiger partial charge on any atom is -0.378 e. The third kappa shape index (κ3) is 3.06. The highest BCUT2D eigenvalue weighted by atomic mass is 32.1. The van der Waals surface area contributed by atoms with Crippen LogP contribution in [-0.4, -0.2) is 19.8 Å². The van der Waals surface area contributed by atoms with E-state index >= 15 is 0 Å². The van der Waals surface area contributed by atoms with E-state index in [9.17, 15) is 0 Å². The van der Waals surface area contributed by atoms with Crippen LogP contribution in [0.2, 0.25) is 0 Å². The number of hydrogen-bond donors (Lipinski definition) is 1. The Morgan fingerprint density at radius 3 is 3.00 bits per heavy atom. The summed E-state index contributed by atoms with van der Waals surface area (Å²) in [6.45, 7) is 3.11. The Labute approximate surface area is 102 Å². The molecule has 16 heavy (non-hydrogen) atoms. The highest BCUT2D eigenvalue weighted by Gasteiger charge is 2.20. The van der Waals surface area contributed by atoms with Gasteiger partial charge in [0.2, 0.25) is 0 Å². The third-order valence-electron chi connectivity index (χ3n) is 3.27. The van der Waals surface area contributed by atoms with E-state index in [0.717, 1.165) is 13.0 Å². The fourth-order valence-electron chi connectivity index (χ4n) is 2.32. The fourth-order valence-corrected chi connectivity index (χ4v) is 3.08. The van der Waals surface area contributed by atoms with Crippen molar-refractivity contribution in [3.63, 3.8) is 0 Å². The average Bonchev–Trinajstić information content (AvgIpc) is 2.74. The van der Waals surface area contributed by atoms with Gasteiger partial charge in [0.15, 0.2) is 0 Å². The van der Waals surface area contributed by atoms with E-state index in [2.05, 4.69) is 23.7 Å². The van der Waals surface area contributed by atoms with E-state index in [4.69, 9.17) is 4.74 Å². The van der Waals surface area contributed by atoms with Gasteiger partial charge in [0, 0.05) is 17.5 Å². The van der Waals surface area contributed by atoms with Gasteiger partial charge in [-0.2, -0.15) is 0 Å². The molecule has 0 saturated carbocycles. The summed E-state index contributed by atoms with van der Waals surface area (Å²) in [6.07, 6.45) is 5.34. The molecule has 1 aromatic heterocycles. The molecule has 0 aliphatic carbocycles. The second kappa shape index (κ2) is 5.80. The molecule has 0 spiro atoms. The zero-order chi connectivity index (χ0) is 11.4. The molecular formula is C13H21NOS. The van der Waals surface area contributed by atoms with Crippen molar-refractivity contribution in [1.29, 1.82) is 0 Å². The molecule has 0 bridgehead atoms. The molecule has 3 heteroatoms. The molecule has 0 aromatic carbocycles. The molecule has 0 radical (unpaired) electrons. The summed E-state index contributed by atoms with van der Waals surface area (Å²) in [5, 5.41) is 5.67. The van der Waals surface area contributed by atoms with Gasteiger partial charge in [0.25, 0.3) is 0 Å². The molecule has 2 atom stereocenters. The Balaban J connectivity index is 1.94. The van der Waals surface area contributed by atoms with E-state index < -0.39 is 0 Å². The lowest BCUT2D eigenvalue weighted by Gasteiger charge is -2.26. The van der Waals surface area contributed by atoms with Crippen molar-refractivity contribution < 1.29 is 4.74 Å². The molecule has 0 amide bonds. The first-order chi connectivity index (χ1) is 7.79. The van der Waals surface area contributed by atoms with Crippen LogP contribution >= 0.6 is 11.3 Å². The maximum absolute atomic E-state index is 5.80. The molecule has 2 rings (SSSR count). The number of hydrogen-bond acceptors (Lipinski definition) is 3. The van der Waals surface area contributed by atoms with Crippen LogP contribution in [0.15, 0.2) is 11.4 Å². The lowest BCUT2D eigenvalue weighted by atomic mass is 9.98. The molecule has 1 aliphatic heterocycles. The SMILES string of the molecule is CNC(CC1CCCCO1)c1csc(C)c1. The minimum absolute atomic E-state index is 0.450. The maximum atomic E-state index is 5.80. The first-order valence-corrected chi connectivity index (χ1v) is 7.01.